The molecule has 0 aliphatic rings. The summed E-state index contributed by atoms with van der Waals surface area (Å²) in [5.74, 6) is 1.13. The first-order valence-electron chi connectivity index (χ1n) is 7.77. The molecule has 27 heavy (non-hydrogen) atoms. The molecule has 0 amide bonds. The van der Waals surface area contributed by atoms with Crippen molar-refractivity contribution in [2.24, 2.45) is 0 Å². The van der Waals surface area contributed by atoms with Gasteiger partial charge in [-0.3, -0.25) is 4.57 Å². The third kappa shape index (κ3) is 3.12. The maximum atomic E-state index is 13.1. The maximum Gasteiger partial charge on any atom is 0.416 e. The average molecular weight is 391 g/mol. The predicted octanol–water partition coefficient (Wildman–Crippen LogP) is 4.27. The van der Waals surface area contributed by atoms with Crippen LogP contribution in [0.5, 0.6) is 5.88 Å². The largest absolute Gasteiger partial charge is 0.480 e. The molecule has 3 heterocycles. The van der Waals surface area contributed by atoms with Crippen LogP contribution in [0.15, 0.2) is 35.7 Å². The Balaban J connectivity index is 1.98. The minimum Gasteiger partial charge on any atom is -0.480 e. The fourth-order valence-corrected chi connectivity index (χ4v) is 3.26. The summed E-state index contributed by atoms with van der Waals surface area (Å²) in [4.78, 5) is 8.80. The van der Waals surface area contributed by atoms with Gasteiger partial charge in [0.1, 0.15) is 5.69 Å². The second kappa shape index (κ2) is 6.31. The Labute approximate surface area is 155 Å². The van der Waals surface area contributed by atoms with E-state index in [0.29, 0.717) is 28.7 Å². The van der Waals surface area contributed by atoms with Crippen LogP contribution < -0.4 is 4.74 Å². The first-order chi connectivity index (χ1) is 12.9. The number of imidazole rings is 1. The molecule has 10 heteroatoms. The average Bonchev–Trinajstić information content (AvgIpc) is 3.23. The highest BCUT2D eigenvalue weighted by Gasteiger charge is 2.31. The molecule has 4 rings (SSSR count). The standard InChI is InChI=1S/C17H12F3N5OS/c1-9-21-12(8-27-9)16-22-11-7-10(17(18,19)20)3-4-13(11)25(16)14-5-6-15(26-2)24-23-14/h3-8H,1-2H3. The lowest BCUT2D eigenvalue weighted by Gasteiger charge is -2.08. The molecular weight excluding hydrogens is 379 g/mol. The molecule has 0 saturated carbocycles. The molecular formula is C17H12F3N5OS. The third-order valence-corrected chi connectivity index (χ3v) is 4.67. The number of alkyl halides is 3. The van der Waals surface area contributed by atoms with Gasteiger partial charge in [0.25, 0.3) is 0 Å². The molecule has 0 atom stereocenters. The van der Waals surface area contributed by atoms with Crippen LogP contribution in [0, 0.1) is 6.92 Å². The summed E-state index contributed by atoms with van der Waals surface area (Å²) in [5.41, 5.74) is 0.465. The lowest BCUT2D eigenvalue weighted by Crippen LogP contribution is -2.05. The van der Waals surface area contributed by atoms with Gasteiger partial charge in [0.2, 0.25) is 5.88 Å². The SMILES string of the molecule is COc1ccc(-n2c(-c3csc(C)n3)nc3cc(C(F)(F)F)ccc32)nn1. The van der Waals surface area contributed by atoms with E-state index in [4.69, 9.17) is 4.74 Å². The summed E-state index contributed by atoms with van der Waals surface area (Å²) >= 11 is 1.43. The Kier molecular flexibility index (Phi) is 4.06. The number of hydrogen-bond donors (Lipinski definition) is 0. The van der Waals surface area contributed by atoms with E-state index in [0.717, 1.165) is 17.1 Å². The van der Waals surface area contributed by atoms with Gasteiger partial charge in [-0.25, -0.2) is 9.97 Å². The van der Waals surface area contributed by atoms with E-state index in [2.05, 4.69) is 20.2 Å². The summed E-state index contributed by atoms with van der Waals surface area (Å²) in [6.07, 6.45) is -4.45. The van der Waals surface area contributed by atoms with Crippen molar-refractivity contribution in [1.29, 1.82) is 0 Å². The van der Waals surface area contributed by atoms with E-state index in [-0.39, 0.29) is 5.52 Å². The van der Waals surface area contributed by atoms with E-state index in [9.17, 15) is 13.2 Å². The molecule has 0 fully saturated rings. The zero-order valence-corrected chi connectivity index (χ0v) is 15.0. The Bertz CT molecular complexity index is 1120. The van der Waals surface area contributed by atoms with Gasteiger partial charge >= 0.3 is 6.18 Å². The molecule has 138 valence electrons. The van der Waals surface area contributed by atoms with E-state index in [1.165, 1.54) is 24.5 Å². The third-order valence-electron chi connectivity index (χ3n) is 3.89. The Morgan fingerprint density at radius 3 is 2.48 bits per heavy atom. The number of thiazole rings is 1. The van der Waals surface area contributed by atoms with Gasteiger partial charge in [0.05, 0.1) is 28.7 Å². The monoisotopic (exact) mass is 391 g/mol. The molecule has 0 unspecified atom stereocenters. The first kappa shape index (κ1) is 17.4. The van der Waals surface area contributed by atoms with Gasteiger partial charge in [-0.2, -0.15) is 13.2 Å². The zero-order valence-electron chi connectivity index (χ0n) is 14.2. The van der Waals surface area contributed by atoms with Crippen LogP contribution in [0.25, 0.3) is 28.4 Å². The maximum absolute atomic E-state index is 13.1. The molecule has 4 aromatic rings. The molecule has 6 nitrogen and oxygen atoms in total. The summed E-state index contributed by atoms with van der Waals surface area (Å²) in [6.45, 7) is 1.84. The quantitative estimate of drug-likeness (QED) is 0.522. The summed E-state index contributed by atoms with van der Waals surface area (Å²) < 4.78 is 45.9. The minimum absolute atomic E-state index is 0.197. The summed E-state index contributed by atoms with van der Waals surface area (Å²) in [7, 11) is 1.47. The lowest BCUT2D eigenvalue weighted by molar-refractivity contribution is -0.137. The first-order valence-corrected chi connectivity index (χ1v) is 8.65. The van der Waals surface area contributed by atoms with Gasteiger partial charge in [-0.1, -0.05) is 0 Å². The van der Waals surface area contributed by atoms with Gasteiger partial charge in [0, 0.05) is 11.4 Å². The molecule has 0 aliphatic carbocycles. The molecule has 0 spiro atoms. The molecule has 0 saturated heterocycles. The van der Waals surface area contributed by atoms with Crippen LogP contribution in [0.4, 0.5) is 13.2 Å². The fourth-order valence-electron chi connectivity index (χ4n) is 2.67. The van der Waals surface area contributed by atoms with Crippen LogP contribution in [-0.4, -0.2) is 31.8 Å². The minimum atomic E-state index is -4.45. The number of methoxy groups -OCH3 is 1. The van der Waals surface area contributed by atoms with Crippen LogP contribution >= 0.6 is 11.3 Å². The lowest BCUT2D eigenvalue weighted by atomic mass is 10.2. The number of halogens is 3. The van der Waals surface area contributed by atoms with Crippen molar-refractivity contribution in [1.82, 2.24) is 24.7 Å². The number of hydrogen-bond acceptors (Lipinski definition) is 6. The number of benzene rings is 1. The van der Waals surface area contributed by atoms with Crippen LogP contribution in [-0.2, 0) is 6.18 Å². The van der Waals surface area contributed by atoms with Crippen molar-refractivity contribution in [3.8, 4) is 23.2 Å². The second-order valence-electron chi connectivity index (χ2n) is 5.66. The van der Waals surface area contributed by atoms with Crippen molar-refractivity contribution in [3.63, 3.8) is 0 Å². The normalized spacial score (nSPS) is 11.9. The van der Waals surface area contributed by atoms with E-state index in [1.807, 2.05) is 6.92 Å². The highest BCUT2D eigenvalue weighted by atomic mass is 32.1. The molecule has 3 aromatic heterocycles. The van der Waals surface area contributed by atoms with Crippen molar-refractivity contribution < 1.29 is 17.9 Å². The smallest absolute Gasteiger partial charge is 0.416 e. The van der Waals surface area contributed by atoms with Gasteiger partial charge in [-0.15, -0.1) is 21.5 Å². The Morgan fingerprint density at radius 2 is 1.89 bits per heavy atom. The van der Waals surface area contributed by atoms with E-state index in [1.54, 1.807) is 22.1 Å². The van der Waals surface area contributed by atoms with Crippen molar-refractivity contribution in [2.75, 3.05) is 7.11 Å². The highest BCUT2D eigenvalue weighted by Crippen LogP contribution is 2.34. The number of aryl methyl sites for hydroxylation is 1. The van der Waals surface area contributed by atoms with Crippen LogP contribution in [0.3, 0.4) is 0 Å². The van der Waals surface area contributed by atoms with Gasteiger partial charge in [0.15, 0.2) is 11.6 Å². The molecule has 0 N–H and O–H groups in total. The fraction of sp³-hybridized carbons (Fsp3) is 0.176. The summed E-state index contributed by atoms with van der Waals surface area (Å²) in [6, 6.07) is 6.69. The van der Waals surface area contributed by atoms with Crippen molar-refractivity contribution in [3.05, 3.63) is 46.3 Å². The number of nitrogens with zero attached hydrogens (tertiary/aromatic N) is 5. The zero-order chi connectivity index (χ0) is 19.2. The highest BCUT2D eigenvalue weighted by molar-refractivity contribution is 7.09. The van der Waals surface area contributed by atoms with Crippen molar-refractivity contribution in [2.45, 2.75) is 13.1 Å². The predicted molar refractivity (Wildman–Crippen MR) is 94.1 cm³/mol. The van der Waals surface area contributed by atoms with Gasteiger partial charge < -0.3 is 4.74 Å². The van der Waals surface area contributed by atoms with Gasteiger partial charge in [-0.05, 0) is 31.2 Å². The summed E-state index contributed by atoms with van der Waals surface area (Å²) in [5, 5.41) is 10.7. The van der Waals surface area contributed by atoms with Crippen LogP contribution in [0.1, 0.15) is 10.6 Å². The molecule has 0 bridgehead atoms. The molecule has 0 radical (unpaired) electrons. The van der Waals surface area contributed by atoms with Crippen LogP contribution in [0.2, 0.25) is 0 Å². The molecule has 0 aliphatic heterocycles. The Hall–Kier alpha value is -3.01. The number of fused-ring (bicyclic) bond motifs is 1. The number of rotatable bonds is 3. The molecule has 1 aromatic carbocycles. The second-order valence-corrected chi connectivity index (χ2v) is 6.72. The topological polar surface area (TPSA) is 65.7 Å². The number of ether oxygens (including phenoxy) is 1. The van der Waals surface area contributed by atoms with E-state index < -0.39 is 11.7 Å². The Morgan fingerprint density at radius 1 is 1.07 bits per heavy atom. The van der Waals surface area contributed by atoms with Crippen molar-refractivity contribution >= 4 is 22.4 Å². The van der Waals surface area contributed by atoms with E-state index >= 15 is 0 Å². The number of aromatic nitrogens is 5.